The second-order valence-corrected chi connectivity index (χ2v) is 5.70. The monoisotopic (exact) mass is 337 g/mol. The molecule has 0 aliphatic heterocycles. The smallest absolute Gasteiger partial charge is 0.258 e. The van der Waals surface area contributed by atoms with Gasteiger partial charge in [0.05, 0.1) is 5.52 Å². The summed E-state index contributed by atoms with van der Waals surface area (Å²) in [5, 5.41) is 0.872. The van der Waals surface area contributed by atoms with Gasteiger partial charge in [0.1, 0.15) is 6.79 Å². The second kappa shape index (κ2) is 7.09. The molecule has 0 fully saturated rings. The minimum Gasteiger partial charge on any atom is -0.366 e. The minimum absolute atomic E-state index is 0.118. The highest BCUT2D eigenvalue weighted by atomic mass is 16.1. The van der Waals surface area contributed by atoms with E-state index in [0.717, 1.165) is 22.2 Å². The van der Waals surface area contributed by atoms with Gasteiger partial charge in [-0.15, -0.1) is 0 Å². The van der Waals surface area contributed by atoms with Gasteiger partial charge in [-0.1, -0.05) is 6.07 Å². The number of rotatable bonds is 2. The van der Waals surface area contributed by atoms with Crippen LogP contribution in [0, 0.1) is 13.8 Å². The SMILES string of the molecule is C=O.Cc1cc2c(cn1)cc(-c1cc(C(N)=O)ccc1C)c(=O)n2C. The van der Waals surface area contributed by atoms with E-state index in [1.54, 1.807) is 36.0 Å². The van der Waals surface area contributed by atoms with E-state index < -0.39 is 5.91 Å². The first kappa shape index (κ1) is 18.1. The number of hydrogen-bond acceptors (Lipinski definition) is 4. The predicted molar refractivity (Wildman–Crippen MR) is 97.5 cm³/mol. The van der Waals surface area contributed by atoms with Gasteiger partial charge in [-0.2, -0.15) is 0 Å². The lowest BCUT2D eigenvalue weighted by Crippen LogP contribution is -2.20. The number of fused-ring (bicyclic) bond motifs is 1. The van der Waals surface area contributed by atoms with Crippen molar-refractivity contribution in [3.05, 3.63) is 63.7 Å². The first-order valence-corrected chi connectivity index (χ1v) is 7.54. The molecular formula is C19H19N3O3. The molecular weight excluding hydrogens is 318 g/mol. The fourth-order valence-electron chi connectivity index (χ4n) is 2.72. The molecule has 0 unspecified atom stereocenters. The Bertz CT molecular complexity index is 1020. The summed E-state index contributed by atoms with van der Waals surface area (Å²) in [5.74, 6) is -0.513. The van der Waals surface area contributed by atoms with Gasteiger partial charge >= 0.3 is 0 Å². The fourth-order valence-corrected chi connectivity index (χ4v) is 2.72. The first-order chi connectivity index (χ1) is 11.9. The quantitative estimate of drug-likeness (QED) is 0.775. The molecule has 0 aliphatic rings. The fraction of sp³-hybridized carbons (Fsp3) is 0.158. The molecule has 0 atom stereocenters. The number of carbonyl (C=O) groups is 2. The Labute approximate surface area is 144 Å². The molecule has 0 spiro atoms. The number of primary amides is 1. The van der Waals surface area contributed by atoms with Crippen molar-refractivity contribution in [2.45, 2.75) is 13.8 Å². The molecule has 1 amide bonds. The predicted octanol–water partition coefficient (Wildman–Crippen LogP) is 2.13. The van der Waals surface area contributed by atoms with Crippen molar-refractivity contribution in [1.29, 1.82) is 0 Å². The Morgan fingerprint density at radius 1 is 1.12 bits per heavy atom. The highest BCUT2D eigenvalue weighted by molar-refractivity contribution is 5.95. The third-order valence-corrected chi connectivity index (χ3v) is 4.06. The molecule has 0 saturated heterocycles. The summed E-state index contributed by atoms with van der Waals surface area (Å²) in [7, 11) is 1.74. The van der Waals surface area contributed by atoms with Crippen LogP contribution in [0.4, 0.5) is 0 Å². The zero-order chi connectivity index (χ0) is 18.7. The maximum absolute atomic E-state index is 12.8. The number of aromatic nitrogens is 2. The highest BCUT2D eigenvalue weighted by Crippen LogP contribution is 2.25. The summed E-state index contributed by atoms with van der Waals surface area (Å²) in [6.07, 6.45) is 1.75. The van der Waals surface area contributed by atoms with E-state index in [2.05, 4.69) is 4.98 Å². The van der Waals surface area contributed by atoms with Crippen LogP contribution in [0.3, 0.4) is 0 Å². The Morgan fingerprint density at radius 3 is 2.44 bits per heavy atom. The van der Waals surface area contributed by atoms with Gasteiger partial charge in [0.25, 0.3) is 5.56 Å². The van der Waals surface area contributed by atoms with E-state index in [4.69, 9.17) is 10.5 Å². The summed E-state index contributed by atoms with van der Waals surface area (Å²) in [5.41, 5.74) is 9.46. The van der Waals surface area contributed by atoms with Gasteiger partial charge in [0.15, 0.2) is 0 Å². The Balaban J connectivity index is 0.00000109. The van der Waals surface area contributed by atoms with Crippen molar-refractivity contribution in [2.75, 3.05) is 0 Å². The molecule has 6 nitrogen and oxygen atoms in total. The summed E-state index contributed by atoms with van der Waals surface area (Å²) in [4.78, 5) is 36.5. The summed E-state index contributed by atoms with van der Waals surface area (Å²) in [6, 6.07) is 8.83. The molecule has 0 bridgehead atoms. The highest BCUT2D eigenvalue weighted by Gasteiger charge is 2.13. The molecule has 1 aromatic carbocycles. The Hall–Kier alpha value is -3.28. The third kappa shape index (κ3) is 3.33. The average molecular weight is 337 g/mol. The second-order valence-electron chi connectivity index (χ2n) is 5.70. The van der Waals surface area contributed by atoms with Crippen molar-refractivity contribution >= 4 is 23.6 Å². The van der Waals surface area contributed by atoms with Crippen molar-refractivity contribution in [3.8, 4) is 11.1 Å². The lowest BCUT2D eigenvalue weighted by atomic mass is 9.98. The first-order valence-electron chi connectivity index (χ1n) is 7.54. The van der Waals surface area contributed by atoms with Crippen LogP contribution in [0.5, 0.6) is 0 Å². The van der Waals surface area contributed by atoms with Crippen LogP contribution in [0.15, 0.2) is 41.3 Å². The van der Waals surface area contributed by atoms with Gasteiger partial charge in [0, 0.05) is 35.5 Å². The van der Waals surface area contributed by atoms with Crippen molar-refractivity contribution in [2.24, 2.45) is 12.8 Å². The van der Waals surface area contributed by atoms with Gasteiger partial charge in [-0.25, -0.2) is 0 Å². The van der Waals surface area contributed by atoms with Crippen molar-refractivity contribution in [3.63, 3.8) is 0 Å². The van der Waals surface area contributed by atoms with Crippen LogP contribution in [0.25, 0.3) is 22.0 Å². The van der Waals surface area contributed by atoms with Crippen molar-refractivity contribution < 1.29 is 9.59 Å². The van der Waals surface area contributed by atoms with E-state index in [0.29, 0.717) is 16.7 Å². The molecule has 3 aromatic rings. The summed E-state index contributed by atoms with van der Waals surface area (Å²) >= 11 is 0. The lowest BCUT2D eigenvalue weighted by molar-refractivity contribution is -0.0980. The zero-order valence-electron chi connectivity index (χ0n) is 14.4. The van der Waals surface area contributed by atoms with E-state index >= 15 is 0 Å². The normalized spacial score (nSPS) is 10.2. The topological polar surface area (TPSA) is 95.1 Å². The molecule has 0 saturated carbocycles. The maximum atomic E-state index is 12.8. The molecule has 0 aliphatic carbocycles. The molecule has 2 heterocycles. The minimum atomic E-state index is -0.513. The number of carbonyl (C=O) groups excluding carboxylic acids is 2. The number of benzene rings is 1. The number of hydrogen-bond donors (Lipinski definition) is 1. The molecule has 2 N–H and O–H groups in total. The maximum Gasteiger partial charge on any atom is 0.258 e. The zero-order valence-corrected chi connectivity index (χ0v) is 14.4. The van der Waals surface area contributed by atoms with Crippen LogP contribution in [-0.4, -0.2) is 22.2 Å². The van der Waals surface area contributed by atoms with Gasteiger partial charge in [-0.05, 0) is 49.2 Å². The average Bonchev–Trinajstić information content (AvgIpc) is 2.61. The number of nitrogens with zero attached hydrogens (tertiary/aromatic N) is 2. The largest absolute Gasteiger partial charge is 0.366 e. The number of aryl methyl sites for hydroxylation is 3. The third-order valence-electron chi connectivity index (χ3n) is 4.06. The number of pyridine rings is 2. The van der Waals surface area contributed by atoms with Crippen LogP contribution >= 0.6 is 0 Å². The van der Waals surface area contributed by atoms with Gasteiger partial charge < -0.3 is 15.1 Å². The van der Waals surface area contributed by atoms with Gasteiger partial charge in [0.2, 0.25) is 5.91 Å². The molecule has 128 valence electrons. The van der Waals surface area contributed by atoms with Crippen LogP contribution in [0.2, 0.25) is 0 Å². The van der Waals surface area contributed by atoms with Crippen LogP contribution in [-0.2, 0) is 11.8 Å². The van der Waals surface area contributed by atoms with Gasteiger partial charge in [-0.3, -0.25) is 14.6 Å². The molecule has 2 aromatic heterocycles. The molecule has 3 rings (SSSR count). The van der Waals surface area contributed by atoms with E-state index in [-0.39, 0.29) is 5.56 Å². The summed E-state index contributed by atoms with van der Waals surface area (Å²) in [6.45, 7) is 5.79. The van der Waals surface area contributed by atoms with E-state index in [9.17, 15) is 9.59 Å². The number of nitrogens with two attached hydrogens (primary N) is 1. The van der Waals surface area contributed by atoms with Crippen LogP contribution in [0.1, 0.15) is 21.6 Å². The standard InChI is InChI=1S/C18H17N3O2.CH2O/c1-10-4-5-12(17(19)22)7-14(10)15-8-13-9-20-11(2)6-16(13)21(3)18(15)23;1-2/h4-9H,1-3H3,(H2,19,22);1H2. The van der Waals surface area contributed by atoms with E-state index in [1.807, 2.05) is 32.8 Å². The van der Waals surface area contributed by atoms with Crippen molar-refractivity contribution in [1.82, 2.24) is 9.55 Å². The molecule has 0 radical (unpaired) electrons. The van der Waals surface area contributed by atoms with Crippen LogP contribution < -0.4 is 11.3 Å². The Kier molecular flexibility index (Phi) is 5.12. The number of amides is 1. The Morgan fingerprint density at radius 2 is 1.80 bits per heavy atom. The lowest BCUT2D eigenvalue weighted by Gasteiger charge is -2.12. The summed E-state index contributed by atoms with van der Waals surface area (Å²) < 4.78 is 1.61. The van der Waals surface area contributed by atoms with E-state index in [1.165, 1.54) is 0 Å². The molecule has 6 heteroatoms. The molecule has 25 heavy (non-hydrogen) atoms.